The summed E-state index contributed by atoms with van der Waals surface area (Å²) in [6.45, 7) is 12.5. The molecule has 0 radical (unpaired) electrons. The van der Waals surface area contributed by atoms with E-state index in [1.54, 1.807) is 0 Å². The van der Waals surface area contributed by atoms with Gasteiger partial charge in [0, 0.05) is 6.54 Å². The summed E-state index contributed by atoms with van der Waals surface area (Å²) in [6, 6.07) is 0. The van der Waals surface area contributed by atoms with Crippen molar-refractivity contribution in [2.24, 2.45) is 0 Å². The monoisotopic (exact) mass is 245 g/mol. The number of ether oxygens (including phenoxy) is 1. The number of carbonyl (C=O) groups excluding carboxylic acids is 1. The van der Waals surface area contributed by atoms with Crippen molar-refractivity contribution >= 4 is 14.2 Å². The Morgan fingerprint density at radius 2 is 2.12 bits per heavy atom. The van der Waals surface area contributed by atoms with Gasteiger partial charge in [0.1, 0.15) is 0 Å². The van der Waals surface area contributed by atoms with Crippen LogP contribution < -0.4 is 5.32 Å². The molecule has 4 nitrogen and oxygen atoms in total. The zero-order chi connectivity index (χ0) is 12.4. The average molecular weight is 245 g/mol. The molecule has 1 amide bonds. The normalized spacial score (nSPS) is 23.1. The summed E-state index contributed by atoms with van der Waals surface area (Å²) in [5.41, 5.74) is 0. The Balaban J connectivity index is 2.47. The first-order valence-electron chi connectivity index (χ1n) is 5.77. The molecule has 0 saturated carbocycles. The van der Waals surface area contributed by atoms with E-state index in [1.165, 1.54) is 0 Å². The Bertz CT molecular complexity index is 260. The molecule has 0 spiro atoms. The molecule has 94 valence electrons. The number of hydrogen-bond acceptors (Lipinski definition) is 3. The largest absolute Gasteiger partial charge is 0.414 e. The van der Waals surface area contributed by atoms with Crippen LogP contribution in [0.15, 0.2) is 0 Å². The molecule has 0 aromatic carbocycles. The summed E-state index contributed by atoms with van der Waals surface area (Å²) in [5.74, 6) is -0.0510. The maximum absolute atomic E-state index is 11.5. The smallest absolute Gasteiger partial charge is 0.251 e. The predicted octanol–water partition coefficient (Wildman–Crippen LogP) is 1.52. The quantitative estimate of drug-likeness (QED) is 0.767. The molecule has 5 heteroatoms. The van der Waals surface area contributed by atoms with Gasteiger partial charge in [0.05, 0.1) is 13.2 Å². The molecule has 1 unspecified atom stereocenters. The molecule has 0 aliphatic carbocycles. The Labute approximate surface area is 98.8 Å². The van der Waals surface area contributed by atoms with E-state index in [0.29, 0.717) is 19.8 Å². The van der Waals surface area contributed by atoms with Crippen molar-refractivity contribution in [1.29, 1.82) is 0 Å². The molecule has 1 heterocycles. The third-order valence-electron chi connectivity index (χ3n) is 3.41. The second-order valence-electron chi connectivity index (χ2n) is 5.72. The minimum Gasteiger partial charge on any atom is -0.414 e. The third kappa shape index (κ3) is 3.30. The molecule has 1 aliphatic rings. The minimum absolute atomic E-state index is 0.0510. The summed E-state index contributed by atoms with van der Waals surface area (Å²) in [7, 11) is -1.78. The Kier molecular flexibility index (Phi) is 4.15. The first-order valence-corrected chi connectivity index (χ1v) is 8.68. The molecule has 1 rings (SSSR count). The standard InChI is InChI=1S/C11H23NO3Si/c1-11(2,3)16(4,5)15-8-9-10(13)12-6-7-14-9/h9H,6-8H2,1-5H3,(H,12,13). The highest BCUT2D eigenvalue weighted by Gasteiger charge is 2.38. The molecule has 1 fully saturated rings. The number of morpholine rings is 1. The molecule has 0 aromatic rings. The van der Waals surface area contributed by atoms with Gasteiger partial charge in [-0.25, -0.2) is 0 Å². The zero-order valence-corrected chi connectivity index (χ0v) is 11.9. The van der Waals surface area contributed by atoms with Gasteiger partial charge in [-0.15, -0.1) is 0 Å². The van der Waals surface area contributed by atoms with Crippen LogP contribution in [0, 0.1) is 0 Å². The zero-order valence-electron chi connectivity index (χ0n) is 10.9. The fourth-order valence-electron chi connectivity index (χ4n) is 1.19. The van der Waals surface area contributed by atoms with Crippen LogP contribution in [0.4, 0.5) is 0 Å². The fraction of sp³-hybridized carbons (Fsp3) is 0.909. The highest BCUT2D eigenvalue weighted by Crippen LogP contribution is 2.36. The molecule has 1 atom stereocenters. The lowest BCUT2D eigenvalue weighted by atomic mass is 10.2. The minimum atomic E-state index is -1.78. The van der Waals surface area contributed by atoms with Gasteiger partial charge < -0.3 is 14.5 Å². The molecule has 1 saturated heterocycles. The Morgan fingerprint density at radius 1 is 1.50 bits per heavy atom. The molecular weight excluding hydrogens is 222 g/mol. The molecule has 1 aliphatic heterocycles. The van der Waals surface area contributed by atoms with E-state index in [2.05, 4.69) is 39.2 Å². The van der Waals surface area contributed by atoms with Crippen LogP contribution in [0.5, 0.6) is 0 Å². The lowest BCUT2D eigenvalue weighted by Gasteiger charge is -2.37. The van der Waals surface area contributed by atoms with E-state index >= 15 is 0 Å². The van der Waals surface area contributed by atoms with E-state index in [-0.39, 0.29) is 10.9 Å². The van der Waals surface area contributed by atoms with Gasteiger partial charge in [0.15, 0.2) is 14.4 Å². The van der Waals surface area contributed by atoms with Crippen LogP contribution in [0.1, 0.15) is 20.8 Å². The highest BCUT2D eigenvalue weighted by molar-refractivity contribution is 6.74. The van der Waals surface area contributed by atoms with Crippen LogP contribution in [0.2, 0.25) is 18.1 Å². The van der Waals surface area contributed by atoms with Gasteiger partial charge in [-0.05, 0) is 18.1 Å². The van der Waals surface area contributed by atoms with Crippen molar-refractivity contribution in [3.63, 3.8) is 0 Å². The van der Waals surface area contributed by atoms with Crippen LogP contribution in [0.25, 0.3) is 0 Å². The van der Waals surface area contributed by atoms with E-state index in [1.807, 2.05) is 0 Å². The van der Waals surface area contributed by atoms with Crippen LogP contribution >= 0.6 is 0 Å². The number of carbonyl (C=O) groups is 1. The van der Waals surface area contributed by atoms with Crippen molar-refractivity contribution in [3.05, 3.63) is 0 Å². The lowest BCUT2D eigenvalue weighted by Crippen LogP contribution is -2.50. The molecule has 16 heavy (non-hydrogen) atoms. The van der Waals surface area contributed by atoms with Crippen molar-refractivity contribution in [2.75, 3.05) is 19.8 Å². The number of hydrogen-bond donors (Lipinski definition) is 1. The second-order valence-corrected chi connectivity index (χ2v) is 10.5. The number of nitrogens with one attached hydrogen (secondary N) is 1. The predicted molar refractivity (Wildman–Crippen MR) is 65.9 cm³/mol. The van der Waals surface area contributed by atoms with Crippen molar-refractivity contribution < 1.29 is 14.0 Å². The molecule has 0 bridgehead atoms. The number of rotatable bonds is 3. The van der Waals surface area contributed by atoms with E-state index < -0.39 is 14.4 Å². The summed E-state index contributed by atoms with van der Waals surface area (Å²) in [5, 5.41) is 2.94. The van der Waals surface area contributed by atoms with E-state index in [4.69, 9.17) is 9.16 Å². The fourth-order valence-corrected chi connectivity index (χ4v) is 2.19. The van der Waals surface area contributed by atoms with Gasteiger partial charge in [-0.3, -0.25) is 4.79 Å². The Hall–Kier alpha value is -0.393. The van der Waals surface area contributed by atoms with Gasteiger partial charge in [-0.2, -0.15) is 0 Å². The molecular formula is C11H23NO3Si. The topological polar surface area (TPSA) is 47.6 Å². The van der Waals surface area contributed by atoms with Gasteiger partial charge >= 0.3 is 0 Å². The van der Waals surface area contributed by atoms with Crippen molar-refractivity contribution in [3.8, 4) is 0 Å². The van der Waals surface area contributed by atoms with E-state index in [0.717, 1.165) is 0 Å². The summed E-state index contributed by atoms with van der Waals surface area (Å²) < 4.78 is 11.3. The Morgan fingerprint density at radius 3 is 2.62 bits per heavy atom. The van der Waals surface area contributed by atoms with Crippen LogP contribution in [0.3, 0.4) is 0 Å². The molecule has 0 aromatic heterocycles. The van der Waals surface area contributed by atoms with Gasteiger partial charge in [0.25, 0.3) is 5.91 Å². The number of amides is 1. The third-order valence-corrected chi connectivity index (χ3v) is 7.92. The highest BCUT2D eigenvalue weighted by atomic mass is 28.4. The summed E-state index contributed by atoms with van der Waals surface area (Å²) in [6.07, 6.45) is -0.428. The van der Waals surface area contributed by atoms with Crippen LogP contribution in [-0.4, -0.2) is 40.1 Å². The maximum Gasteiger partial charge on any atom is 0.251 e. The van der Waals surface area contributed by atoms with Crippen molar-refractivity contribution in [1.82, 2.24) is 5.32 Å². The first kappa shape index (κ1) is 13.7. The maximum atomic E-state index is 11.5. The SMILES string of the molecule is CC(C)(C)[Si](C)(C)OCC1OCCNC1=O. The first-order chi connectivity index (χ1) is 7.24. The van der Waals surface area contributed by atoms with E-state index in [9.17, 15) is 4.79 Å². The summed E-state index contributed by atoms with van der Waals surface area (Å²) in [4.78, 5) is 11.5. The lowest BCUT2D eigenvalue weighted by molar-refractivity contribution is -0.140. The van der Waals surface area contributed by atoms with Crippen molar-refractivity contribution in [2.45, 2.75) is 45.0 Å². The second kappa shape index (κ2) is 4.85. The van der Waals surface area contributed by atoms with Crippen LogP contribution in [-0.2, 0) is 14.0 Å². The van der Waals surface area contributed by atoms with Gasteiger partial charge in [-0.1, -0.05) is 20.8 Å². The van der Waals surface area contributed by atoms with Gasteiger partial charge in [0.2, 0.25) is 0 Å². The molecule has 1 N–H and O–H groups in total. The summed E-state index contributed by atoms with van der Waals surface area (Å²) >= 11 is 0. The average Bonchev–Trinajstić information content (AvgIpc) is 2.15.